The molecule has 0 unspecified atom stereocenters. The van der Waals surface area contributed by atoms with E-state index in [2.05, 4.69) is 26.7 Å². The van der Waals surface area contributed by atoms with Crippen molar-refractivity contribution in [3.63, 3.8) is 0 Å². The molecule has 1 atom stereocenters. The van der Waals surface area contributed by atoms with Crippen LogP contribution in [-0.4, -0.2) is 34.2 Å². The number of carbonyl (C=O) groups is 1. The molecule has 1 aliphatic heterocycles. The maximum Gasteiger partial charge on any atom is 0.246 e. The number of allylic oxidation sites excluding steroid dienone is 1. The van der Waals surface area contributed by atoms with Gasteiger partial charge >= 0.3 is 0 Å². The van der Waals surface area contributed by atoms with Gasteiger partial charge in [0.05, 0.1) is 5.69 Å². The summed E-state index contributed by atoms with van der Waals surface area (Å²) in [6.45, 7) is 3.71. The molecule has 4 rings (SSSR count). The van der Waals surface area contributed by atoms with Gasteiger partial charge in [-0.1, -0.05) is 6.08 Å². The molecule has 2 heterocycles. The Bertz CT molecular complexity index is 943. The molecule has 0 bridgehead atoms. The normalized spacial score (nSPS) is 23.5. The van der Waals surface area contributed by atoms with E-state index in [1.165, 1.54) is 12.1 Å². The number of rotatable bonds is 5. The van der Waals surface area contributed by atoms with Crippen LogP contribution in [0, 0.1) is 18.7 Å². The maximum absolute atomic E-state index is 13.0. The second kappa shape index (κ2) is 8.02. The summed E-state index contributed by atoms with van der Waals surface area (Å²) in [6.07, 6.45) is 6.23. The standard InChI is InChI=1S/C21H24FN5OS/c1-12-18-19(27(3)13(2)20(28)25-18)26-21(24-12)23-9-8-14-10-17(11-14)29-16-6-4-15(22)5-7-16/h4-9,13-14,17H,10-11H2,1-3H3,(H,25,28)(H,23,24,26)/t13-,14?,17?/m0/s1. The number of nitrogens with zero attached hydrogens (tertiary/aromatic N) is 3. The van der Waals surface area contributed by atoms with Gasteiger partial charge in [-0.25, -0.2) is 9.37 Å². The highest BCUT2D eigenvalue weighted by Gasteiger charge is 2.30. The van der Waals surface area contributed by atoms with Crippen LogP contribution in [0.4, 0.5) is 21.8 Å². The number of aromatic nitrogens is 2. The predicted molar refractivity (Wildman–Crippen MR) is 115 cm³/mol. The first kappa shape index (κ1) is 19.7. The average Bonchev–Trinajstić information content (AvgIpc) is 2.66. The van der Waals surface area contributed by atoms with Gasteiger partial charge in [0.1, 0.15) is 17.5 Å². The lowest BCUT2D eigenvalue weighted by molar-refractivity contribution is -0.117. The molecule has 0 saturated heterocycles. The first-order valence-corrected chi connectivity index (χ1v) is 10.6. The van der Waals surface area contributed by atoms with E-state index in [0.29, 0.717) is 22.8 Å². The minimum Gasteiger partial charge on any atom is -0.346 e. The van der Waals surface area contributed by atoms with Crippen LogP contribution < -0.4 is 15.5 Å². The lowest BCUT2D eigenvalue weighted by atomic mass is 9.85. The van der Waals surface area contributed by atoms with Crippen molar-refractivity contribution in [2.75, 3.05) is 22.6 Å². The van der Waals surface area contributed by atoms with E-state index in [1.807, 2.05) is 44.1 Å². The van der Waals surface area contributed by atoms with Crippen molar-refractivity contribution in [3.05, 3.63) is 48.1 Å². The molecule has 8 heteroatoms. The van der Waals surface area contributed by atoms with Crippen LogP contribution in [-0.2, 0) is 4.79 Å². The summed E-state index contributed by atoms with van der Waals surface area (Å²) >= 11 is 1.81. The van der Waals surface area contributed by atoms with Crippen LogP contribution in [0.2, 0.25) is 0 Å². The first-order chi connectivity index (χ1) is 13.9. The Morgan fingerprint density at radius 3 is 2.72 bits per heavy atom. The Morgan fingerprint density at radius 1 is 1.28 bits per heavy atom. The average molecular weight is 414 g/mol. The molecule has 0 spiro atoms. The quantitative estimate of drug-likeness (QED) is 0.766. The van der Waals surface area contributed by atoms with E-state index >= 15 is 0 Å². The zero-order chi connectivity index (χ0) is 20.5. The highest BCUT2D eigenvalue weighted by molar-refractivity contribution is 8.00. The number of hydrogen-bond acceptors (Lipinski definition) is 6. The van der Waals surface area contributed by atoms with E-state index in [4.69, 9.17) is 0 Å². The number of benzene rings is 1. The minimum absolute atomic E-state index is 0.0506. The molecule has 0 radical (unpaired) electrons. The predicted octanol–water partition coefficient (Wildman–Crippen LogP) is 4.20. The number of amides is 1. The fourth-order valence-electron chi connectivity index (χ4n) is 3.43. The number of thioether (sulfide) groups is 1. The summed E-state index contributed by atoms with van der Waals surface area (Å²) in [7, 11) is 1.86. The number of carbonyl (C=O) groups excluding carboxylic acids is 1. The minimum atomic E-state index is -0.272. The Labute approximate surface area is 174 Å². The fraction of sp³-hybridized carbons (Fsp3) is 0.381. The number of anilines is 3. The Hall–Kier alpha value is -2.61. The van der Waals surface area contributed by atoms with Crippen LogP contribution in [0.1, 0.15) is 25.5 Å². The molecule has 2 aliphatic rings. The molecule has 1 aromatic heterocycles. The van der Waals surface area contributed by atoms with E-state index in [0.717, 1.165) is 29.2 Å². The second-order valence-electron chi connectivity index (χ2n) is 7.54. The van der Waals surface area contributed by atoms with Crippen LogP contribution in [0.5, 0.6) is 0 Å². The molecule has 2 N–H and O–H groups in total. The van der Waals surface area contributed by atoms with Gasteiger partial charge in [0.25, 0.3) is 0 Å². The van der Waals surface area contributed by atoms with Gasteiger partial charge in [0, 0.05) is 23.4 Å². The maximum atomic E-state index is 13.0. The van der Waals surface area contributed by atoms with Crippen LogP contribution in [0.25, 0.3) is 0 Å². The zero-order valence-corrected chi connectivity index (χ0v) is 17.5. The highest BCUT2D eigenvalue weighted by Crippen LogP contribution is 2.41. The lowest BCUT2D eigenvalue weighted by Gasteiger charge is -2.33. The first-order valence-electron chi connectivity index (χ1n) is 9.68. The van der Waals surface area contributed by atoms with Crippen molar-refractivity contribution in [1.82, 2.24) is 9.97 Å². The van der Waals surface area contributed by atoms with Crippen molar-refractivity contribution in [2.45, 2.75) is 42.9 Å². The van der Waals surface area contributed by atoms with Crippen LogP contribution >= 0.6 is 11.8 Å². The summed E-state index contributed by atoms with van der Waals surface area (Å²) in [5, 5.41) is 6.61. The van der Waals surface area contributed by atoms with E-state index in [-0.39, 0.29) is 17.8 Å². The third-order valence-corrected chi connectivity index (χ3v) is 6.70. The van der Waals surface area contributed by atoms with Gasteiger partial charge < -0.3 is 15.5 Å². The number of fused-ring (bicyclic) bond motifs is 1. The largest absolute Gasteiger partial charge is 0.346 e. The molecule has 1 aliphatic carbocycles. The van der Waals surface area contributed by atoms with E-state index in [1.54, 1.807) is 11.8 Å². The van der Waals surface area contributed by atoms with Crippen molar-refractivity contribution in [1.29, 1.82) is 0 Å². The van der Waals surface area contributed by atoms with Crippen molar-refractivity contribution >= 4 is 35.1 Å². The Balaban J connectivity index is 1.32. The Morgan fingerprint density at radius 2 is 2.00 bits per heavy atom. The number of nitrogens with one attached hydrogen (secondary N) is 2. The summed E-state index contributed by atoms with van der Waals surface area (Å²) < 4.78 is 13.0. The fourth-order valence-corrected chi connectivity index (χ4v) is 4.80. The van der Waals surface area contributed by atoms with Crippen molar-refractivity contribution < 1.29 is 9.18 Å². The SMILES string of the molecule is Cc1nc(NC=CC2CC(Sc3ccc(F)cc3)C2)nc2c1NC(=O)[C@H](C)N2C. The molecule has 1 fully saturated rings. The summed E-state index contributed by atoms with van der Waals surface area (Å²) in [5.41, 5.74) is 1.40. The molecule has 29 heavy (non-hydrogen) atoms. The van der Waals surface area contributed by atoms with Crippen molar-refractivity contribution in [2.24, 2.45) is 5.92 Å². The topological polar surface area (TPSA) is 70.1 Å². The van der Waals surface area contributed by atoms with Crippen molar-refractivity contribution in [3.8, 4) is 0 Å². The molecule has 6 nitrogen and oxygen atoms in total. The third kappa shape index (κ3) is 4.22. The van der Waals surface area contributed by atoms with Gasteiger partial charge in [-0.2, -0.15) is 4.98 Å². The zero-order valence-electron chi connectivity index (χ0n) is 16.6. The van der Waals surface area contributed by atoms with Crippen LogP contribution in [0.15, 0.2) is 41.4 Å². The summed E-state index contributed by atoms with van der Waals surface area (Å²) in [6, 6.07) is 6.41. The number of hydrogen-bond donors (Lipinski definition) is 2. The monoisotopic (exact) mass is 413 g/mol. The van der Waals surface area contributed by atoms with Gasteiger partial charge in [-0.05, 0) is 56.9 Å². The molecule has 1 saturated carbocycles. The van der Waals surface area contributed by atoms with Gasteiger partial charge in [0.2, 0.25) is 11.9 Å². The summed E-state index contributed by atoms with van der Waals surface area (Å²) in [4.78, 5) is 24.0. The molecule has 2 aromatic rings. The highest BCUT2D eigenvalue weighted by atomic mass is 32.2. The lowest BCUT2D eigenvalue weighted by Crippen LogP contribution is -2.44. The number of halogens is 1. The molecule has 1 amide bonds. The van der Waals surface area contributed by atoms with Gasteiger partial charge in [-0.15, -0.1) is 11.8 Å². The number of likely N-dealkylation sites (N-methyl/N-ethyl adjacent to an activating group) is 1. The van der Waals surface area contributed by atoms with Gasteiger partial charge in [0.15, 0.2) is 5.82 Å². The van der Waals surface area contributed by atoms with Crippen LogP contribution in [0.3, 0.4) is 0 Å². The molecule has 1 aromatic carbocycles. The second-order valence-corrected chi connectivity index (χ2v) is 8.91. The molecule has 152 valence electrons. The Kier molecular flexibility index (Phi) is 5.45. The van der Waals surface area contributed by atoms with Gasteiger partial charge in [-0.3, -0.25) is 4.79 Å². The summed E-state index contributed by atoms with van der Waals surface area (Å²) in [5.74, 6) is 1.51. The molecular weight excluding hydrogens is 389 g/mol. The third-order valence-electron chi connectivity index (χ3n) is 5.44. The molecular formula is C21H24FN5OS. The smallest absolute Gasteiger partial charge is 0.246 e. The number of aryl methyl sites for hydroxylation is 1. The van der Waals surface area contributed by atoms with E-state index in [9.17, 15) is 9.18 Å². The van der Waals surface area contributed by atoms with E-state index < -0.39 is 0 Å².